The quantitative estimate of drug-likeness (QED) is 0.0280. The highest BCUT2D eigenvalue weighted by Crippen LogP contribution is 2.09. The van der Waals surface area contributed by atoms with Crippen LogP contribution in [0.2, 0.25) is 0 Å². The molecule has 8 atom stereocenters. The number of hydrogen-bond acceptors (Lipinski definition) is 12. The standard InChI is InChI=1S/C31H49N7O13/c1-8-12-51-22(43)11-10-19(26(32)45)36-28(47)20(13-21(41)42)37-31(50)25(44)15(4)33-27(46)16(5)34-30(49)24(17(6)39)38-29(48)23(14(3)9-2)35-18(7)40/h8,14-17,19-20,23-24,39H,1,9-13H2,2-7H3,(H2,32,45)(H,33,46)(H,34,49)(H,35,40)(H,36,47)(H,37,50)(H,38,48)(H,41,42)/t14-,15-,16-,17+,19-,20-,23-,24-/m0/s1. The number of carboxylic acids is 1. The Hall–Kier alpha value is -5.40. The van der Waals surface area contributed by atoms with Crippen LogP contribution in [0.5, 0.6) is 0 Å². The summed E-state index contributed by atoms with van der Waals surface area (Å²) in [6.07, 6.45) is -1.38. The topological polar surface area (TPSA) is 319 Å². The number of primary amides is 1. The number of carbonyl (C=O) groups is 10. The van der Waals surface area contributed by atoms with E-state index in [4.69, 9.17) is 10.5 Å². The number of Topliss-reactive ketones (excluding diaryl/α,β-unsaturated/α-hetero) is 1. The average molecular weight is 728 g/mol. The van der Waals surface area contributed by atoms with Gasteiger partial charge in [0.2, 0.25) is 41.2 Å². The minimum absolute atomic E-state index is 0.107. The van der Waals surface area contributed by atoms with Gasteiger partial charge in [-0.3, -0.25) is 47.9 Å². The minimum atomic E-state index is -1.90. The summed E-state index contributed by atoms with van der Waals surface area (Å²) in [5.41, 5.74) is 5.27. The van der Waals surface area contributed by atoms with Gasteiger partial charge in [0, 0.05) is 13.3 Å². The lowest BCUT2D eigenvalue weighted by molar-refractivity contribution is -0.144. The van der Waals surface area contributed by atoms with Crippen molar-refractivity contribution in [1.82, 2.24) is 31.9 Å². The summed E-state index contributed by atoms with van der Waals surface area (Å²) in [6.45, 7) is 11.4. The molecule has 0 aromatic rings. The molecule has 0 saturated carbocycles. The Morgan fingerprint density at radius 1 is 0.765 bits per heavy atom. The molecule has 286 valence electrons. The van der Waals surface area contributed by atoms with E-state index < -0.39 is 108 Å². The van der Waals surface area contributed by atoms with Crippen molar-refractivity contribution in [3.8, 4) is 0 Å². The molecule has 0 aliphatic carbocycles. The summed E-state index contributed by atoms with van der Waals surface area (Å²) in [5, 5.41) is 32.8. The van der Waals surface area contributed by atoms with Crippen LogP contribution in [-0.4, -0.2) is 118 Å². The Bertz CT molecular complexity index is 1340. The first kappa shape index (κ1) is 45.6. The van der Waals surface area contributed by atoms with Crippen LogP contribution in [0.1, 0.15) is 67.2 Å². The zero-order valence-corrected chi connectivity index (χ0v) is 29.4. The third-order valence-corrected chi connectivity index (χ3v) is 7.30. The van der Waals surface area contributed by atoms with Crippen molar-refractivity contribution < 1.29 is 62.9 Å². The van der Waals surface area contributed by atoms with Gasteiger partial charge in [-0.05, 0) is 33.1 Å². The third kappa shape index (κ3) is 16.7. The van der Waals surface area contributed by atoms with Crippen molar-refractivity contribution in [2.45, 2.75) is 110 Å². The summed E-state index contributed by atoms with van der Waals surface area (Å²) in [5.74, 6) is -11.0. The van der Waals surface area contributed by atoms with Crippen LogP contribution < -0.4 is 37.6 Å². The number of nitrogens with one attached hydrogen (secondary N) is 6. The van der Waals surface area contributed by atoms with Gasteiger partial charge in [-0.2, -0.15) is 0 Å². The second-order valence-electron chi connectivity index (χ2n) is 11.7. The Kier molecular flexibility index (Phi) is 20.0. The van der Waals surface area contributed by atoms with Crippen LogP contribution in [0, 0.1) is 5.92 Å². The number of ketones is 1. The molecule has 0 aliphatic rings. The van der Waals surface area contributed by atoms with Crippen LogP contribution in [0.15, 0.2) is 12.7 Å². The van der Waals surface area contributed by atoms with Crippen LogP contribution >= 0.6 is 0 Å². The van der Waals surface area contributed by atoms with Crippen molar-refractivity contribution in [2.75, 3.05) is 6.61 Å². The number of aliphatic hydroxyl groups is 1. The number of aliphatic hydroxyl groups excluding tert-OH is 1. The maximum atomic E-state index is 12.9. The second-order valence-corrected chi connectivity index (χ2v) is 11.7. The zero-order chi connectivity index (χ0) is 39.6. The number of aliphatic carboxylic acids is 1. The average Bonchev–Trinajstić information content (AvgIpc) is 3.04. The molecule has 0 saturated heterocycles. The molecule has 51 heavy (non-hydrogen) atoms. The fourth-order valence-electron chi connectivity index (χ4n) is 4.20. The maximum absolute atomic E-state index is 12.9. The summed E-state index contributed by atoms with van der Waals surface area (Å²) >= 11 is 0. The molecule has 0 radical (unpaired) electrons. The second kappa shape index (κ2) is 22.3. The van der Waals surface area contributed by atoms with Gasteiger partial charge in [0.25, 0.3) is 5.91 Å². The molecule has 0 rings (SSSR count). The summed E-state index contributed by atoms with van der Waals surface area (Å²) in [6, 6.07) is -8.92. The number of carbonyl (C=O) groups excluding carboxylic acids is 9. The van der Waals surface area contributed by atoms with E-state index in [-0.39, 0.29) is 25.4 Å². The molecule has 0 aliphatic heterocycles. The first-order valence-electron chi connectivity index (χ1n) is 16.0. The summed E-state index contributed by atoms with van der Waals surface area (Å²) < 4.78 is 4.77. The van der Waals surface area contributed by atoms with Crippen molar-refractivity contribution in [1.29, 1.82) is 0 Å². The van der Waals surface area contributed by atoms with Crippen LogP contribution in [0.3, 0.4) is 0 Å². The fourth-order valence-corrected chi connectivity index (χ4v) is 4.20. The maximum Gasteiger partial charge on any atom is 0.306 e. The predicted molar refractivity (Wildman–Crippen MR) is 177 cm³/mol. The normalized spacial score (nSPS) is 15.4. The van der Waals surface area contributed by atoms with E-state index in [0.29, 0.717) is 6.42 Å². The highest BCUT2D eigenvalue weighted by Gasteiger charge is 2.35. The van der Waals surface area contributed by atoms with Crippen LogP contribution in [0.25, 0.3) is 0 Å². The highest BCUT2D eigenvalue weighted by molar-refractivity contribution is 6.38. The Morgan fingerprint density at radius 3 is 1.82 bits per heavy atom. The molecule has 0 aromatic heterocycles. The molecule has 7 amide bonds. The molecular weight excluding hydrogens is 678 g/mol. The minimum Gasteiger partial charge on any atom is -0.481 e. The molecule has 20 heteroatoms. The molecule has 0 fully saturated rings. The lowest BCUT2D eigenvalue weighted by Gasteiger charge is -2.28. The molecule has 10 N–H and O–H groups in total. The molecular formula is C31H49N7O13. The van der Waals surface area contributed by atoms with E-state index in [2.05, 4.69) is 33.2 Å². The number of esters is 1. The Morgan fingerprint density at radius 2 is 1.33 bits per heavy atom. The lowest BCUT2D eigenvalue weighted by atomic mass is 9.97. The zero-order valence-electron chi connectivity index (χ0n) is 29.4. The molecule has 0 unspecified atom stereocenters. The Balaban J connectivity index is 5.52. The summed E-state index contributed by atoms with van der Waals surface area (Å²) in [4.78, 5) is 123. The monoisotopic (exact) mass is 727 g/mol. The lowest BCUT2D eigenvalue weighted by Crippen LogP contribution is -2.60. The van der Waals surface area contributed by atoms with Gasteiger partial charge in [-0.1, -0.05) is 32.9 Å². The van der Waals surface area contributed by atoms with Crippen molar-refractivity contribution in [2.24, 2.45) is 11.7 Å². The first-order chi connectivity index (χ1) is 23.7. The van der Waals surface area contributed by atoms with Crippen molar-refractivity contribution >= 4 is 59.1 Å². The molecule has 20 nitrogen and oxygen atoms in total. The number of rotatable bonds is 23. The smallest absolute Gasteiger partial charge is 0.306 e. The summed E-state index contributed by atoms with van der Waals surface area (Å²) in [7, 11) is 0. The van der Waals surface area contributed by atoms with Gasteiger partial charge in [-0.25, -0.2) is 0 Å². The van der Waals surface area contributed by atoms with Gasteiger partial charge in [0.15, 0.2) is 0 Å². The van der Waals surface area contributed by atoms with E-state index >= 15 is 0 Å². The number of amides is 7. The van der Waals surface area contributed by atoms with Gasteiger partial charge in [0.1, 0.15) is 36.8 Å². The SMILES string of the molecule is C=CCOC(=O)CC[C@H](NC(=O)[C@H](CC(=O)O)NC(=O)C(=O)[C@H](C)NC(=O)[C@H](C)NC(=O)[C@@H](NC(=O)[C@@H](NC(C)=O)[C@@H](C)CC)[C@@H](C)O)C(N)=O. The van der Waals surface area contributed by atoms with Crippen LogP contribution in [0.4, 0.5) is 0 Å². The van der Waals surface area contributed by atoms with Gasteiger partial charge >= 0.3 is 11.9 Å². The number of ether oxygens (including phenoxy) is 1. The first-order valence-corrected chi connectivity index (χ1v) is 16.0. The van der Waals surface area contributed by atoms with E-state index in [1.807, 2.05) is 5.32 Å². The largest absolute Gasteiger partial charge is 0.481 e. The molecule has 0 aromatic carbocycles. The van der Waals surface area contributed by atoms with E-state index in [9.17, 15) is 58.2 Å². The number of carboxylic acid groups (broad SMARTS) is 1. The van der Waals surface area contributed by atoms with Gasteiger partial charge in [0.05, 0.1) is 18.6 Å². The molecule has 0 spiro atoms. The molecule has 0 heterocycles. The van der Waals surface area contributed by atoms with Gasteiger partial charge in [-0.15, -0.1) is 0 Å². The van der Waals surface area contributed by atoms with E-state index in [1.165, 1.54) is 26.8 Å². The van der Waals surface area contributed by atoms with Crippen LogP contribution in [-0.2, 0) is 52.7 Å². The predicted octanol–water partition coefficient (Wildman–Crippen LogP) is -3.58. The Labute approximate surface area is 294 Å². The fraction of sp³-hybridized carbons (Fsp3) is 0.613. The molecule has 0 bridgehead atoms. The van der Waals surface area contributed by atoms with Crippen molar-refractivity contribution in [3.63, 3.8) is 0 Å². The van der Waals surface area contributed by atoms with Gasteiger partial charge < -0.3 is 52.6 Å². The third-order valence-electron chi connectivity index (χ3n) is 7.30. The number of hydrogen-bond donors (Lipinski definition) is 9. The highest BCUT2D eigenvalue weighted by atomic mass is 16.5. The van der Waals surface area contributed by atoms with Crippen molar-refractivity contribution in [3.05, 3.63) is 12.7 Å². The van der Waals surface area contributed by atoms with E-state index in [1.54, 1.807) is 13.8 Å². The number of nitrogens with two attached hydrogens (primary N) is 1. The van der Waals surface area contributed by atoms with E-state index in [0.717, 1.165) is 6.92 Å².